The molecule has 0 aliphatic heterocycles. The summed E-state index contributed by atoms with van der Waals surface area (Å²) < 4.78 is 5.65. The smallest absolute Gasteiger partial charge is 0.255 e. The second kappa shape index (κ2) is 7.82. The molecule has 0 spiro atoms. The summed E-state index contributed by atoms with van der Waals surface area (Å²) in [5.41, 5.74) is 2.64. The van der Waals surface area contributed by atoms with Crippen LogP contribution < -0.4 is 10.1 Å². The van der Waals surface area contributed by atoms with E-state index in [0.717, 1.165) is 17.7 Å². The van der Waals surface area contributed by atoms with Gasteiger partial charge in [0.25, 0.3) is 5.91 Å². The van der Waals surface area contributed by atoms with Crippen molar-refractivity contribution in [1.29, 1.82) is 0 Å². The number of ether oxygens (including phenoxy) is 1. The molecule has 2 aromatic carbocycles. The summed E-state index contributed by atoms with van der Waals surface area (Å²) in [5.74, 6) is 1.000. The summed E-state index contributed by atoms with van der Waals surface area (Å²) >= 11 is 0. The van der Waals surface area contributed by atoms with Gasteiger partial charge in [-0.15, -0.1) is 0 Å². The van der Waals surface area contributed by atoms with E-state index in [1.807, 2.05) is 44.2 Å². The molecule has 23 heavy (non-hydrogen) atoms. The van der Waals surface area contributed by atoms with Crippen molar-refractivity contribution >= 4 is 11.6 Å². The summed E-state index contributed by atoms with van der Waals surface area (Å²) in [6, 6.07) is 15.3. The summed E-state index contributed by atoms with van der Waals surface area (Å²) in [6.07, 6.45) is 1.12. The summed E-state index contributed by atoms with van der Waals surface area (Å²) in [4.78, 5) is 12.5. The molecule has 0 fully saturated rings. The number of rotatable bonds is 6. The maximum Gasteiger partial charge on any atom is 0.255 e. The molecule has 0 unspecified atom stereocenters. The van der Waals surface area contributed by atoms with Gasteiger partial charge >= 0.3 is 0 Å². The molecular formula is C20H25NO2. The first-order valence-corrected chi connectivity index (χ1v) is 8.18. The van der Waals surface area contributed by atoms with E-state index >= 15 is 0 Å². The average Bonchev–Trinajstić information content (AvgIpc) is 2.54. The molecule has 0 aliphatic rings. The molecule has 2 rings (SSSR count). The molecule has 3 heteroatoms. The van der Waals surface area contributed by atoms with Crippen molar-refractivity contribution in [3.8, 4) is 5.75 Å². The van der Waals surface area contributed by atoms with Crippen LogP contribution in [-0.2, 0) is 0 Å². The van der Waals surface area contributed by atoms with Gasteiger partial charge in [0.1, 0.15) is 5.75 Å². The third-order valence-electron chi connectivity index (χ3n) is 3.82. The number of para-hydroxylation sites is 1. The van der Waals surface area contributed by atoms with Gasteiger partial charge in [-0.2, -0.15) is 0 Å². The van der Waals surface area contributed by atoms with E-state index in [2.05, 4.69) is 25.2 Å². The molecule has 0 radical (unpaired) electrons. The number of benzene rings is 2. The Bertz CT molecular complexity index is 664. The molecule has 0 saturated carbocycles. The van der Waals surface area contributed by atoms with Gasteiger partial charge in [-0.3, -0.25) is 4.79 Å². The second-order valence-corrected chi connectivity index (χ2v) is 6.05. The van der Waals surface area contributed by atoms with Crippen LogP contribution in [0.25, 0.3) is 0 Å². The molecule has 122 valence electrons. The third-order valence-corrected chi connectivity index (χ3v) is 3.82. The lowest BCUT2D eigenvalue weighted by atomic mass is 9.97. The van der Waals surface area contributed by atoms with Crippen LogP contribution in [0.15, 0.2) is 48.5 Å². The minimum absolute atomic E-state index is 0.0828. The third kappa shape index (κ3) is 4.59. The van der Waals surface area contributed by atoms with E-state index < -0.39 is 0 Å². The van der Waals surface area contributed by atoms with E-state index in [-0.39, 0.29) is 12.0 Å². The lowest BCUT2D eigenvalue weighted by Crippen LogP contribution is -2.14. The summed E-state index contributed by atoms with van der Waals surface area (Å²) in [6.45, 7) is 8.25. The highest BCUT2D eigenvalue weighted by molar-refractivity contribution is 6.04. The fraction of sp³-hybridized carbons (Fsp3) is 0.350. The molecule has 1 atom stereocenters. The normalized spacial score (nSPS) is 12.0. The average molecular weight is 311 g/mol. The number of hydrogen-bond acceptors (Lipinski definition) is 2. The van der Waals surface area contributed by atoms with Gasteiger partial charge in [0.2, 0.25) is 0 Å². The zero-order valence-corrected chi connectivity index (χ0v) is 14.3. The van der Waals surface area contributed by atoms with Crippen LogP contribution in [0, 0.1) is 0 Å². The van der Waals surface area contributed by atoms with Crippen molar-refractivity contribution in [3.63, 3.8) is 0 Å². The Morgan fingerprint density at radius 3 is 2.52 bits per heavy atom. The van der Waals surface area contributed by atoms with E-state index in [4.69, 9.17) is 4.74 Å². The van der Waals surface area contributed by atoms with Gasteiger partial charge in [-0.05, 0) is 56.0 Å². The molecule has 2 aromatic rings. The monoisotopic (exact) mass is 311 g/mol. The molecule has 0 aromatic heterocycles. The van der Waals surface area contributed by atoms with Crippen molar-refractivity contribution in [2.45, 2.75) is 46.1 Å². The Kier molecular flexibility index (Phi) is 5.80. The van der Waals surface area contributed by atoms with Gasteiger partial charge in [-0.1, -0.05) is 38.1 Å². The second-order valence-electron chi connectivity index (χ2n) is 6.05. The minimum atomic E-state index is -0.116. The maximum atomic E-state index is 12.5. The number of carbonyl (C=O) groups excluding carboxylic acids is 1. The van der Waals surface area contributed by atoms with Gasteiger partial charge in [0.15, 0.2) is 0 Å². The highest BCUT2D eigenvalue weighted by atomic mass is 16.5. The highest BCUT2D eigenvalue weighted by Gasteiger charge is 2.13. The van der Waals surface area contributed by atoms with Gasteiger partial charge in [0.05, 0.1) is 6.10 Å². The Balaban J connectivity index is 2.20. The Hall–Kier alpha value is -2.29. The van der Waals surface area contributed by atoms with Crippen molar-refractivity contribution in [1.82, 2.24) is 0 Å². The van der Waals surface area contributed by atoms with Crippen LogP contribution in [0.5, 0.6) is 5.75 Å². The number of hydrogen-bond donors (Lipinski definition) is 1. The molecule has 0 bridgehead atoms. The van der Waals surface area contributed by atoms with E-state index in [1.54, 1.807) is 12.1 Å². The molecule has 0 aliphatic carbocycles. The number of nitrogens with one attached hydrogen (secondary N) is 1. The largest absolute Gasteiger partial charge is 0.491 e. The predicted molar refractivity (Wildman–Crippen MR) is 95.3 cm³/mol. The van der Waals surface area contributed by atoms with Crippen LogP contribution in [0.1, 0.15) is 56.0 Å². The first-order chi connectivity index (χ1) is 11.0. The quantitative estimate of drug-likeness (QED) is 0.792. The van der Waals surface area contributed by atoms with E-state index in [1.165, 1.54) is 0 Å². The fourth-order valence-corrected chi connectivity index (χ4v) is 2.44. The Morgan fingerprint density at radius 1 is 1.09 bits per heavy atom. The molecule has 0 heterocycles. The SMILES string of the molecule is CC[C@@H](C)c1ccccc1NC(=O)c1cccc(OC(C)C)c1. The zero-order valence-electron chi connectivity index (χ0n) is 14.3. The molecule has 1 N–H and O–H groups in total. The van der Waals surface area contributed by atoms with Crippen molar-refractivity contribution in [2.75, 3.05) is 5.32 Å². The van der Waals surface area contributed by atoms with Crippen LogP contribution in [-0.4, -0.2) is 12.0 Å². The summed E-state index contributed by atoms with van der Waals surface area (Å²) in [7, 11) is 0. The molecule has 0 saturated heterocycles. The molecule has 1 amide bonds. The van der Waals surface area contributed by atoms with Crippen LogP contribution in [0.4, 0.5) is 5.69 Å². The van der Waals surface area contributed by atoms with Crippen molar-refractivity contribution in [3.05, 3.63) is 59.7 Å². The predicted octanol–water partition coefficient (Wildman–Crippen LogP) is 5.24. The first kappa shape index (κ1) is 17.1. The maximum absolute atomic E-state index is 12.5. The molecular weight excluding hydrogens is 286 g/mol. The van der Waals surface area contributed by atoms with Crippen molar-refractivity contribution < 1.29 is 9.53 Å². The van der Waals surface area contributed by atoms with E-state index in [0.29, 0.717) is 17.2 Å². The van der Waals surface area contributed by atoms with Crippen LogP contribution in [0.2, 0.25) is 0 Å². The zero-order chi connectivity index (χ0) is 16.8. The lowest BCUT2D eigenvalue weighted by molar-refractivity contribution is 0.102. The lowest BCUT2D eigenvalue weighted by Gasteiger charge is -2.16. The number of carbonyl (C=O) groups is 1. The standard InChI is InChI=1S/C20H25NO2/c1-5-15(4)18-11-6-7-12-19(18)21-20(22)16-9-8-10-17(13-16)23-14(2)3/h6-15H,5H2,1-4H3,(H,21,22)/t15-/m1/s1. The minimum Gasteiger partial charge on any atom is -0.491 e. The van der Waals surface area contributed by atoms with E-state index in [9.17, 15) is 4.79 Å². The Labute approximate surface area is 138 Å². The first-order valence-electron chi connectivity index (χ1n) is 8.18. The fourth-order valence-electron chi connectivity index (χ4n) is 2.44. The van der Waals surface area contributed by atoms with Gasteiger partial charge < -0.3 is 10.1 Å². The Morgan fingerprint density at radius 2 is 1.83 bits per heavy atom. The number of anilines is 1. The van der Waals surface area contributed by atoms with Gasteiger partial charge in [0, 0.05) is 11.3 Å². The summed E-state index contributed by atoms with van der Waals surface area (Å²) in [5, 5.41) is 3.03. The number of amides is 1. The molecule has 3 nitrogen and oxygen atoms in total. The van der Waals surface area contributed by atoms with Crippen LogP contribution >= 0.6 is 0 Å². The highest BCUT2D eigenvalue weighted by Crippen LogP contribution is 2.27. The van der Waals surface area contributed by atoms with Gasteiger partial charge in [-0.25, -0.2) is 0 Å². The van der Waals surface area contributed by atoms with Crippen LogP contribution in [0.3, 0.4) is 0 Å². The van der Waals surface area contributed by atoms with Crippen molar-refractivity contribution in [2.24, 2.45) is 0 Å². The topological polar surface area (TPSA) is 38.3 Å².